The molecule has 0 saturated carbocycles. The van der Waals surface area contributed by atoms with Crippen molar-refractivity contribution in [1.29, 1.82) is 0 Å². The molecule has 1 unspecified atom stereocenters. The zero-order valence-corrected chi connectivity index (χ0v) is 10.8. The van der Waals surface area contributed by atoms with Crippen molar-refractivity contribution in [3.63, 3.8) is 0 Å². The van der Waals surface area contributed by atoms with Gasteiger partial charge in [0.2, 0.25) is 0 Å². The molecular weight excluding hydrogens is 313 g/mol. The average Bonchev–Trinajstić information content (AvgIpc) is 2.72. The van der Waals surface area contributed by atoms with Gasteiger partial charge in [0.15, 0.2) is 27.3 Å². The maximum Gasteiger partial charge on any atom is 0.181 e. The number of aliphatic hydroxyl groups excluding tert-OH is 1. The van der Waals surface area contributed by atoms with Crippen LogP contribution in [0.3, 0.4) is 0 Å². The second kappa shape index (κ2) is 4.08. The third kappa shape index (κ3) is 1.78. The van der Waals surface area contributed by atoms with Crippen LogP contribution in [-0.4, -0.2) is 29.4 Å². The van der Waals surface area contributed by atoms with E-state index in [1.807, 2.05) is 0 Å². The Morgan fingerprint density at radius 2 is 2.47 bits per heavy atom. The highest BCUT2D eigenvalue weighted by atomic mass is 79.9. The third-order valence-corrected chi connectivity index (χ3v) is 3.93. The van der Waals surface area contributed by atoms with Gasteiger partial charge in [-0.15, -0.1) is 11.3 Å². The van der Waals surface area contributed by atoms with Crippen molar-refractivity contribution in [2.45, 2.75) is 6.10 Å². The molecule has 7 heteroatoms. The van der Waals surface area contributed by atoms with Gasteiger partial charge in [-0.05, 0) is 15.9 Å². The largest absolute Gasteiger partial charge is 0.486 e. The number of aliphatic hydroxyl groups is 1. The van der Waals surface area contributed by atoms with Crippen molar-refractivity contribution >= 4 is 37.5 Å². The van der Waals surface area contributed by atoms with Gasteiger partial charge in [-0.25, -0.2) is 9.37 Å². The van der Waals surface area contributed by atoms with Crippen molar-refractivity contribution in [1.82, 2.24) is 4.98 Å². The number of halogens is 2. The summed E-state index contributed by atoms with van der Waals surface area (Å²) in [6.45, 7) is 0.0761. The summed E-state index contributed by atoms with van der Waals surface area (Å²) in [6, 6.07) is 1.26. The fourth-order valence-corrected chi connectivity index (χ4v) is 3.11. The Morgan fingerprint density at radius 3 is 3.24 bits per heavy atom. The average molecular weight is 320 g/mol. The number of aromatic nitrogens is 1. The van der Waals surface area contributed by atoms with Gasteiger partial charge in [0.25, 0.3) is 0 Å². The lowest BCUT2D eigenvalue weighted by Gasteiger charge is -2.25. The highest BCUT2D eigenvalue weighted by Crippen LogP contribution is 2.43. The number of fused-ring (bicyclic) bond motifs is 3. The molecule has 90 valence electrons. The molecule has 1 aliphatic heterocycles. The highest BCUT2D eigenvalue weighted by Gasteiger charge is 2.26. The molecule has 0 amide bonds. The Morgan fingerprint density at radius 1 is 1.65 bits per heavy atom. The minimum Gasteiger partial charge on any atom is -0.486 e. The van der Waals surface area contributed by atoms with E-state index in [0.717, 1.165) is 0 Å². The number of rotatable bonds is 1. The van der Waals surface area contributed by atoms with Crippen molar-refractivity contribution in [3.8, 4) is 11.5 Å². The van der Waals surface area contributed by atoms with Crippen molar-refractivity contribution < 1.29 is 19.0 Å². The second-order valence-electron chi connectivity index (χ2n) is 3.56. The molecule has 2 heterocycles. The summed E-state index contributed by atoms with van der Waals surface area (Å²) in [5, 5.41) is 9.05. The van der Waals surface area contributed by atoms with E-state index in [4.69, 9.17) is 14.6 Å². The SMILES string of the molecule is OCC1COc2cc(F)c3nc(Br)sc3c2O1. The van der Waals surface area contributed by atoms with E-state index < -0.39 is 11.9 Å². The van der Waals surface area contributed by atoms with E-state index in [1.165, 1.54) is 17.4 Å². The Balaban J connectivity index is 2.22. The smallest absolute Gasteiger partial charge is 0.181 e. The Labute approximate surface area is 108 Å². The van der Waals surface area contributed by atoms with E-state index in [1.54, 1.807) is 0 Å². The molecule has 2 aromatic rings. The Bertz CT molecular complexity index is 588. The van der Waals surface area contributed by atoms with Gasteiger partial charge >= 0.3 is 0 Å². The summed E-state index contributed by atoms with van der Waals surface area (Å²) in [5.74, 6) is 0.373. The number of nitrogens with zero attached hydrogens (tertiary/aromatic N) is 1. The first kappa shape index (κ1) is 11.2. The van der Waals surface area contributed by atoms with Crippen LogP contribution in [0.5, 0.6) is 11.5 Å². The lowest BCUT2D eigenvalue weighted by Crippen LogP contribution is -2.32. The van der Waals surface area contributed by atoms with Crippen LogP contribution in [0, 0.1) is 5.82 Å². The molecule has 1 atom stereocenters. The molecule has 1 aliphatic rings. The van der Waals surface area contributed by atoms with Gasteiger partial charge in [0.1, 0.15) is 16.8 Å². The minimum atomic E-state index is -0.438. The molecule has 0 saturated heterocycles. The lowest BCUT2D eigenvalue weighted by molar-refractivity contribution is 0.0471. The van der Waals surface area contributed by atoms with Gasteiger partial charge in [0.05, 0.1) is 6.61 Å². The molecule has 0 radical (unpaired) electrons. The zero-order valence-electron chi connectivity index (χ0n) is 8.44. The Hall–Kier alpha value is -0.920. The van der Waals surface area contributed by atoms with Gasteiger partial charge in [-0.1, -0.05) is 0 Å². The fourth-order valence-electron chi connectivity index (χ4n) is 1.66. The van der Waals surface area contributed by atoms with Gasteiger partial charge in [-0.2, -0.15) is 0 Å². The molecule has 0 aliphatic carbocycles. The minimum absolute atomic E-state index is 0.141. The maximum atomic E-state index is 13.7. The predicted octanol–water partition coefficient (Wildman–Crippen LogP) is 2.33. The van der Waals surface area contributed by atoms with Gasteiger partial charge in [0, 0.05) is 6.07 Å². The summed E-state index contributed by atoms with van der Waals surface area (Å²) < 4.78 is 25.8. The number of benzene rings is 1. The maximum absolute atomic E-state index is 13.7. The molecule has 3 rings (SSSR count). The van der Waals surface area contributed by atoms with Crippen LogP contribution in [0.15, 0.2) is 9.98 Å². The molecule has 17 heavy (non-hydrogen) atoms. The number of hydrogen-bond acceptors (Lipinski definition) is 5. The van der Waals surface area contributed by atoms with Crippen LogP contribution < -0.4 is 9.47 Å². The van der Waals surface area contributed by atoms with Gasteiger partial charge in [-0.3, -0.25) is 0 Å². The first-order valence-electron chi connectivity index (χ1n) is 4.88. The van der Waals surface area contributed by atoms with Crippen LogP contribution in [0.2, 0.25) is 0 Å². The Kier molecular flexibility index (Phi) is 2.68. The molecule has 1 N–H and O–H groups in total. The lowest BCUT2D eigenvalue weighted by atomic mass is 10.2. The molecular formula is C10H7BrFNO3S. The summed E-state index contributed by atoms with van der Waals surface area (Å²) in [5.41, 5.74) is 0.253. The first-order chi connectivity index (χ1) is 8.19. The second-order valence-corrected chi connectivity index (χ2v) is 5.84. The van der Waals surface area contributed by atoms with Crippen LogP contribution in [-0.2, 0) is 0 Å². The monoisotopic (exact) mass is 319 g/mol. The van der Waals surface area contributed by atoms with Crippen molar-refractivity contribution in [3.05, 3.63) is 15.8 Å². The molecule has 0 spiro atoms. The predicted molar refractivity (Wildman–Crippen MR) is 64.3 cm³/mol. The van der Waals surface area contributed by atoms with Crippen LogP contribution in [0.1, 0.15) is 0 Å². The number of ether oxygens (including phenoxy) is 2. The molecule has 0 fully saturated rings. The number of thiazole rings is 1. The van der Waals surface area contributed by atoms with Crippen molar-refractivity contribution in [2.24, 2.45) is 0 Å². The van der Waals surface area contributed by atoms with Crippen LogP contribution in [0.4, 0.5) is 4.39 Å². The van der Waals surface area contributed by atoms with Crippen molar-refractivity contribution in [2.75, 3.05) is 13.2 Å². The van der Waals surface area contributed by atoms with E-state index in [9.17, 15) is 4.39 Å². The zero-order chi connectivity index (χ0) is 12.0. The summed E-state index contributed by atoms with van der Waals surface area (Å²) in [6.07, 6.45) is -0.419. The molecule has 4 nitrogen and oxygen atoms in total. The van der Waals surface area contributed by atoms with Crippen LogP contribution in [0.25, 0.3) is 10.2 Å². The third-order valence-electron chi connectivity index (χ3n) is 2.43. The van der Waals surface area contributed by atoms with E-state index >= 15 is 0 Å². The van der Waals surface area contributed by atoms with E-state index in [2.05, 4.69) is 20.9 Å². The fraction of sp³-hybridized carbons (Fsp3) is 0.300. The summed E-state index contributed by atoms with van der Waals surface area (Å²) in [7, 11) is 0. The first-order valence-corrected chi connectivity index (χ1v) is 6.49. The van der Waals surface area contributed by atoms with Gasteiger partial charge < -0.3 is 14.6 Å². The summed E-state index contributed by atoms with van der Waals surface area (Å²) in [4.78, 5) is 4.03. The topological polar surface area (TPSA) is 51.6 Å². The number of hydrogen-bond donors (Lipinski definition) is 1. The van der Waals surface area contributed by atoms with E-state index in [0.29, 0.717) is 20.1 Å². The standard InChI is InChI=1S/C10H7BrFNO3S/c11-10-13-7-5(12)1-6-8(9(7)17-10)16-4(2-14)3-15-6/h1,4,14H,2-3H2. The quantitative estimate of drug-likeness (QED) is 0.876. The van der Waals surface area contributed by atoms with Crippen LogP contribution >= 0.6 is 27.3 Å². The van der Waals surface area contributed by atoms with E-state index in [-0.39, 0.29) is 18.7 Å². The normalized spacial score (nSPS) is 18.6. The highest BCUT2D eigenvalue weighted by molar-refractivity contribution is 9.11. The molecule has 0 bridgehead atoms. The molecule has 1 aromatic carbocycles. The summed E-state index contributed by atoms with van der Waals surface area (Å²) >= 11 is 4.49. The molecule has 1 aromatic heterocycles.